The maximum absolute atomic E-state index is 12.3. The van der Waals surface area contributed by atoms with E-state index in [0.717, 1.165) is 22.5 Å². The molecule has 0 atom stereocenters. The van der Waals surface area contributed by atoms with Crippen molar-refractivity contribution in [3.8, 4) is 5.88 Å². The summed E-state index contributed by atoms with van der Waals surface area (Å²) in [5, 5.41) is 3.34. The van der Waals surface area contributed by atoms with Gasteiger partial charge in [-0.15, -0.1) is 0 Å². The first-order valence-electron chi connectivity index (χ1n) is 8.75. The number of carbonyl (C=O) groups is 1. The molecule has 0 bridgehead atoms. The fraction of sp³-hybridized carbons (Fsp3) is 0.200. The van der Waals surface area contributed by atoms with E-state index in [0.29, 0.717) is 10.8 Å². The van der Waals surface area contributed by atoms with Crippen molar-refractivity contribution in [1.29, 1.82) is 0 Å². The van der Waals surface area contributed by atoms with Crippen LogP contribution in [0.25, 0.3) is 0 Å². The van der Waals surface area contributed by atoms with Crippen LogP contribution in [0.5, 0.6) is 5.88 Å². The van der Waals surface area contributed by atoms with E-state index < -0.39 is 18.7 Å². The molecule has 0 fully saturated rings. The smallest absolute Gasteiger partial charge is 0.422 e. The molecule has 1 amide bonds. The summed E-state index contributed by atoms with van der Waals surface area (Å²) in [7, 11) is 0. The largest absolute Gasteiger partial charge is 0.468 e. The Bertz CT molecular complexity index is 1010. The van der Waals surface area contributed by atoms with E-state index in [-0.39, 0.29) is 11.4 Å². The van der Waals surface area contributed by atoms with Crippen molar-refractivity contribution in [3.05, 3.63) is 65.6 Å². The van der Waals surface area contributed by atoms with Gasteiger partial charge in [0.15, 0.2) is 11.8 Å². The maximum atomic E-state index is 12.3. The second-order valence-electron chi connectivity index (χ2n) is 6.30. The number of ether oxygens (including phenoxy) is 1. The van der Waals surface area contributed by atoms with E-state index >= 15 is 0 Å². The summed E-state index contributed by atoms with van der Waals surface area (Å²) in [6.07, 6.45) is -3.30. The van der Waals surface area contributed by atoms with Crippen molar-refractivity contribution in [3.63, 3.8) is 0 Å². The Morgan fingerprint density at radius 3 is 2.30 bits per heavy atom. The van der Waals surface area contributed by atoms with E-state index in [2.05, 4.69) is 25.0 Å². The number of nitrogens with zero attached hydrogens (tertiary/aromatic N) is 3. The zero-order chi connectivity index (χ0) is 21.7. The third-order valence-corrected chi connectivity index (χ3v) is 4.54. The maximum Gasteiger partial charge on any atom is 0.422 e. The molecule has 1 N–H and O–H groups in total. The topological polar surface area (TPSA) is 77.0 Å². The van der Waals surface area contributed by atoms with Gasteiger partial charge in [0.1, 0.15) is 0 Å². The Morgan fingerprint density at radius 1 is 1.07 bits per heavy atom. The number of pyridine rings is 1. The lowest BCUT2D eigenvalue weighted by Crippen LogP contribution is -2.19. The highest BCUT2D eigenvalue weighted by Crippen LogP contribution is 2.26. The average Bonchev–Trinajstić information content (AvgIpc) is 2.67. The molecule has 30 heavy (non-hydrogen) atoms. The number of aryl methyl sites for hydroxylation is 2. The van der Waals surface area contributed by atoms with Gasteiger partial charge in [0, 0.05) is 34.2 Å². The molecule has 0 unspecified atom stereocenters. The van der Waals surface area contributed by atoms with Crippen molar-refractivity contribution in [2.75, 3.05) is 11.9 Å². The quantitative estimate of drug-likeness (QED) is 0.560. The normalized spacial score (nSPS) is 11.2. The number of anilines is 1. The molecule has 0 spiro atoms. The number of carbonyl (C=O) groups excluding carboxylic acids is 1. The predicted octanol–water partition coefficient (Wildman–Crippen LogP) is 4.83. The van der Waals surface area contributed by atoms with E-state index in [9.17, 15) is 18.0 Å². The lowest BCUT2D eigenvalue weighted by Gasteiger charge is -2.09. The minimum Gasteiger partial charge on any atom is -0.468 e. The summed E-state index contributed by atoms with van der Waals surface area (Å²) in [6.45, 7) is 2.37. The molecule has 156 valence electrons. The Balaban J connectivity index is 1.59. The third kappa shape index (κ3) is 6.45. The molecule has 3 rings (SSSR count). The lowest BCUT2D eigenvalue weighted by molar-refractivity contribution is -0.154. The summed E-state index contributed by atoms with van der Waals surface area (Å²) < 4.78 is 41.0. The van der Waals surface area contributed by atoms with Crippen molar-refractivity contribution >= 4 is 23.4 Å². The highest BCUT2D eigenvalue weighted by atomic mass is 32.2. The average molecular weight is 434 g/mol. The standard InChI is InChI=1S/C20H17F3N4O2S/c1-12-9-13(2)26-19(25-12)30-16-6-4-15(5-7-16)27-18(28)14-3-8-17(24-10-14)29-11-20(21,22)23/h3-10H,11H2,1-2H3,(H,27,28). The fourth-order valence-electron chi connectivity index (χ4n) is 2.41. The van der Waals surface area contributed by atoms with Crippen molar-refractivity contribution in [2.45, 2.75) is 30.1 Å². The highest BCUT2D eigenvalue weighted by Gasteiger charge is 2.28. The van der Waals surface area contributed by atoms with E-state index in [1.165, 1.54) is 23.9 Å². The van der Waals surface area contributed by atoms with Crippen LogP contribution >= 0.6 is 11.8 Å². The van der Waals surface area contributed by atoms with Crippen LogP contribution in [0.1, 0.15) is 21.7 Å². The summed E-state index contributed by atoms with van der Waals surface area (Å²) >= 11 is 1.41. The predicted molar refractivity (Wildman–Crippen MR) is 106 cm³/mol. The van der Waals surface area contributed by atoms with Crippen LogP contribution in [-0.2, 0) is 0 Å². The zero-order valence-corrected chi connectivity index (χ0v) is 16.8. The van der Waals surface area contributed by atoms with Gasteiger partial charge in [-0.2, -0.15) is 13.2 Å². The lowest BCUT2D eigenvalue weighted by atomic mass is 10.2. The van der Waals surface area contributed by atoms with Crippen LogP contribution in [0.15, 0.2) is 58.7 Å². The Hall–Kier alpha value is -3.14. The van der Waals surface area contributed by atoms with Crippen LogP contribution in [0.3, 0.4) is 0 Å². The second kappa shape index (κ2) is 9.12. The highest BCUT2D eigenvalue weighted by molar-refractivity contribution is 7.99. The van der Waals surface area contributed by atoms with Crippen molar-refractivity contribution in [1.82, 2.24) is 15.0 Å². The summed E-state index contributed by atoms with van der Waals surface area (Å²) in [6, 6.07) is 11.6. The van der Waals surface area contributed by atoms with Gasteiger partial charge in [-0.1, -0.05) is 0 Å². The van der Waals surface area contributed by atoms with Crippen molar-refractivity contribution < 1.29 is 22.7 Å². The minimum atomic E-state index is -4.45. The SMILES string of the molecule is Cc1cc(C)nc(Sc2ccc(NC(=O)c3ccc(OCC(F)(F)F)nc3)cc2)n1. The number of hydrogen-bond acceptors (Lipinski definition) is 6. The number of hydrogen-bond donors (Lipinski definition) is 1. The number of alkyl halides is 3. The van der Waals surface area contributed by atoms with E-state index in [1.807, 2.05) is 32.0 Å². The number of halogens is 3. The molecule has 0 saturated carbocycles. The summed E-state index contributed by atoms with van der Waals surface area (Å²) in [5.74, 6) is -0.651. The van der Waals surface area contributed by atoms with Crippen LogP contribution < -0.4 is 10.1 Å². The Morgan fingerprint density at radius 2 is 1.73 bits per heavy atom. The molecule has 0 saturated heterocycles. The molecule has 0 aliphatic carbocycles. The minimum absolute atomic E-state index is 0.191. The number of amides is 1. The van der Waals surface area contributed by atoms with Crippen LogP contribution in [0.4, 0.5) is 18.9 Å². The first-order chi connectivity index (χ1) is 14.2. The molecular formula is C20H17F3N4O2S. The molecular weight excluding hydrogens is 417 g/mol. The molecule has 2 aromatic heterocycles. The molecule has 3 aromatic rings. The number of benzene rings is 1. The number of rotatable bonds is 6. The van der Waals surface area contributed by atoms with Gasteiger partial charge >= 0.3 is 6.18 Å². The second-order valence-corrected chi connectivity index (χ2v) is 7.34. The molecule has 6 nitrogen and oxygen atoms in total. The first-order valence-corrected chi connectivity index (χ1v) is 9.57. The number of nitrogens with one attached hydrogen (secondary N) is 1. The van der Waals surface area contributed by atoms with Crippen LogP contribution in [0.2, 0.25) is 0 Å². The van der Waals surface area contributed by atoms with Crippen LogP contribution in [-0.4, -0.2) is 33.6 Å². The molecule has 2 heterocycles. The summed E-state index contributed by atoms with van der Waals surface area (Å²) in [5.41, 5.74) is 2.52. The monoisotopic (exact) mass is 434 g/mol. The Kier molecular flexibility index (Phi) is 6.56. The van der Waals surface area contributed by atoms with Gasteiger partial charge in [0.25, 0.3) is 5.91 Å². The van der Waals surface area contributed by atoms with Gasteiger partial charge in [-0.3, -0.25) is 4.79 Å². The fourth-order valence-corrected chi connectivity index (χ4v) is 3.27. The molecule has 0 radical (unpaired) electrons. The Labute approximate surface area is 174 Å². The first kappa shape index (κ1) is 21.6. The van der Waals surface area contributed by atoms with Gasteiger partial charge in [0.05, 0.1) is 5.56 Å². The van der Waals surface area contributed by atoms with Crippen LogP contribution in [0, 0.1) is 13.8 Å². The van der Waals surface area contributed by atoms with Gasteiger partial charge in [-0.25, -0.2) is 15.0 Å². The zero-order valence-electron chi connectivity index (χ0n) is 16.0. The van der Waals surface area contributed by atoms with Gasteiger partial charge < -0.3 is 10.1 Å². The van der Waals surface area contributed by atoms with Gasteiger partial charge in [0.2, 0.25) is 5.88 Å². The van der Waals surface area contributed by atoms with Crippen molar-refractivity contribution in [2.24, 2.45) is 0 Å². The van der Waals surface area contributed by atoms with E-state index in [1.54, 1.807) is 12.1 Å². The van der Waals surface area contributed by atoms with E-state index in [4.69, 9.17) is 0 Å². The summed E-state index contributed by atoms with van der Waals surface area (Å²) in [4.78, 5) is 25.7. The molecule has 0 aliphatic heterocycles. The number of aromatic nitrogens is 3. The molecule has 1 aromatic carbocycles. The molecule has 0 aliphatic rings. The molecule has 10 heteroatoms. The van der Waals surface area contributed by atoms with Gasteiger partial charge in [-0.05, 0) is 62.0 Å². The third-order valence-electron chi connectivity index (χ3n) is 3.67.